The summed E-state index contributed by atoms with van der Waals surface area (Å²) in [5.74, 6) is 1.16. The van der Waals surface area contributed by atoms with Gasteiger partial charge in [0.25, 0.3) is 10.0 Å². The third-order valence-electron chi connectivity index (χ3n) is 3.95. The van der Waals surface area contributed by atoms with Crippen molar-refractivity contribution in [2.75, 3.05) is 23.4 Å². The van der Waals surface area contributed by atoms with Crippen molar-refractivity contribution < 1.29 is 17.9 Å². The molecule has 4 rings (SSSR count). The van der Waals surface area contributed by atoms with Crippen LogP contribution in [0.1, 0.15) is 12.0 Å². The zero-order valence-electron chi connectivity index (χ0n) is 12.3. The highest BCUT2D eigenvalue weighted by Gasteiger charge is 2.23. The number of hydrogen-bond donors (Lipinski definition) is 2. The molecule has 6 nitrogen and oxygen atoms in total. The van der Waals surface area contributed by atoms with Gasteiger partial charge in [0.15, 0.2) is 11.5 Å². The number of fused-ring (bicyclic) bond motifs is 2. The standard InChI is InChI=1S/C16H16N2O4S/c19-23(20,15-5-1-3-11-4-2-8-17-16(11)15)18-12-6-7-13-14(9-12)22-10-21-13/h1,3,5-7,9,17-18H,2,4,8,10H2. The van der Waals surface area contributed by atoms with Gasteiger partial charge in [0.1, 0.15) is 4.90 Å². The number of anilines is 2. The van der Waals surface area contributed by atoms with Crippen molar-refractivity contribution in [2.24, 2.45) is 0 Å². The fourth-order valence-electron chi connectivity index (χ4n) is 2.87. The molecule has 2 heterocycles. The van der Waals surface area contributed by atoms with E-state index in [1.165, 1.54) is 0 Å². The van der Waals surface area contributed by atoms with Gasteiger partial charge in [0.05, 0.1) is 11.4 Å². The van der Waals surface area contributed by atoms with Crippen LogP contribution in [0.5, 0.6) is 11.5 Å². The maximum absolute atomic E-state index is 12.8. The molecular formula is C16H16N2O4S. The number of aryl methyl sites for hydroxylation is 1. The van der Waals surface area contributed by atoms with Crippen molar-refractivity contribution in [3.63, 3.8) is 0 Å². The first-order valence-corrected chi connectivity index (χ1v) is 8.90. The maximum atomic E-state index is 12.8. The summed E-state index contributed by atoms with van der Waals surface area (Å²) in [6.07, 6.45) is 1.89. The monoisotopic (exact) mass is 332 g/mol. The van der Waals surface area contributed by atoms with Crippen molar-refractivity contribution in [3.8, 4) is 11.5 Å². The topological polar surface area (TPSA) is 76.7 Å². The minimum atomic E-state index is -3.68. The van der Waals surface area contributed by atoms with E-state index in [0.29, 0.717) is 22.9 Å². The molecule has 7 heteroatoms. The molecule has 120 valence electrons. The number of hydrogen-bond acceptors (Lipinski definition) is 5. The fourth-order valence-corrected chi connectivity index (χ4v) is 4.15. The highest BCUT2D eigenvalue weighted by Crippen LogP contribution is 2.36. The summed E-state index contributed by atoms with van der Waals surface area (Å²) in [5.41, 5.74) is 2.18. The molecule has 2 aromatic rings. The van der Waals surface area contributed by atoms with Crippen LogP contribution in [0.25, 0.3) is 0 Å². The first-order valence-electron chi connectivity index (χ1n) is 7.42. The average molecular weight is 332 g/mol. The Morgan fingerprint density at radius 3 is 2.87 bits per heavy atom. The Labute approximate surface area is 134 Å². The zero-order chi connectivity index (χ0) is 15.9. The second-order valence-corrected chi connectivity index (χ2v) is 7.14. The first-order chi connectivity index (χ1) is 11.1. The second kappa shape index (κ2) is 5.34. The lowest BCUT2D eigenvalue weighted by atomic mass is 10.0. The number of nitrogens with one attached hydrogen (secondary N) is 2. The molecule has 2 aliphatic heterocycles. The van der Waals surface area contributed by atoms with E-state index >= 15 is 0 Å². The number of ether oxygens (including phenoxy) is 2. The minimum absolute atomic E-state index is 0.154. The Hall–Kier alpha value is -2.41. The molecule has 0 spiro atoms. The van der Waals surface area contributed by atoms with Gasteiger partial charge < -0.3 is 14.8 Å². The van der Waals surface area contributed by atoms with Crippen molar-refractivity contribution in [2.45, 2.75) is 17.7 Å². The summed E-state index contributed by atoms with van der Waals surface area (Å²) in [6.45, 7) is 0.936. The summed E-state index contributed by atoms with van der Waals surface area (Å²) in [4.78, 5) is 0.271. The lowest BCUT2D eigenvalue weighted by Gasteiger charge is -2.21. The van der Waals surface area contributed by atoms with Crippen molar-refractivity contribution >= 4 is 21.4 Å². The van der Waals surface area contributed by atoms with E-state index in [9.17, 15) is 8.42 Å². The average Bonchev–Trinajstić information content (AvgIpc) is 3.01. The Balaban J connectivity index is 1.69. The molecule has 0 fully saturated rings. The van der Waals surface area contributed by atoms with Gasteiger partial charge in [-0.25, -0.2) is 8.42 Å². The van der Waals surface area contributed by atoms with Gasteiger partial charge in [0, 0.05) is 12.6 Å². The molecule has 2 aromatic carbocycles. The molecule has 0 radical (unpaired) electrons. The smallest absolute Gasteiger partial charge is 0.263 e. The summed E-state index contributed by atoms with van der Waals surface area (Å²) in [7, 11) is -3.68. The lowest BCUT2D eigenvalue weighted by molar-refractivity contribution is 0.174. The van der Waals surface area contributed by atoms with E-state index in [4.69, 9.17) is 9.47 Å². The predicted octanol–water partition coefficient (Wildman–Crippen LogP) is 2.57. The predicted molar refractivity (Wildman–Crippen MR) is 86.6 cm³/mol. The molecule has 0 aromatic heterocycles. The number of benzene rings is 2. The van der Waals surface area contributed by atoms with Crippen molar-refractivity contribution in [3.05, 3.63) is 42.0 Å². The van der Waals surface area contributed by atoms with Gasteiger partial charge in [-0.15, -0.1) is 0 Å². The van der Waals surface area contributed by atoms with Crippen LogP contribution in [0, 0.1) is 0 Å². The molecule has 0 aliphatic carbocycles. The normalized spacial score (nSPS) is 15.7. The summed E-state index contributed by atoms with van der Waals surface area (Å²) < 4.78 is 38.6. The Kier molecular flexibility index (Phi) is 3.30. The van der Waals surface area contributed by atoms with Crippen LogP contribution >= 0.6 is 0 Å². The van der Waals surface area contributed by atoms with Gasteiger partial charge in [-0.1, -0.05) is 12.1 Å². The van der Waals surface area contributed by atoms with E-state index in [1.54, 1.807) is 30.3 Å². The van der Waals surface area contributed by atoms with E-state index < -0.39 is 10.0 Å². The van der Waals surface area contributed by atoms with E-state index in [0.717, 1.165) is 24.9 Å². The summed E-state index contributed by atoms with van der Waals surface area (Å²) in [6, 6.07) is 10.3. The zero-order valence-corrected chi connectivity index (χ0v) is 13.2. The van der Waals surface area contributed by atoms with Gasteiger partial charge in [-0.2, -0.15) is 0 Å². The van der Waals surface area contributed by atoms with Gasteiger partial charge in [-0.3, -0.25) is 4.72 Å². The van der Waals surface area contributed by atoms with Crippen LogP contribution in [-0.2, 0) is 16.4 Å². The number of rotatable bonds is 3. The van der Waals surface area contributed by atoms with Crippen LogP contribution in [0.15, 0.2) is 41.3 Å². The summed E-state index contributed by atoms with van der Waals surface area (Å²) in [5, 5.41) is 3.20. The molecule has 0 saturated carbocycles. The second-order valence-electron chi connectivity index (χ2n) is 5.49. The fraction of sp³-hybridized carbons (Fsp3) is 0.250. The van der Waals surface area contributed by atoms with Crippen LogP contribution in [-0.4, -0.2) is 21.8 Å². The Morgan fingerprint density at radius 1 is 1.09 bits per heavy atom. The van der Waals surface area contributed by atoms with Gasteiger partial charge >= 0.3 is 0 Å². The Morgan fingerprint density at radius 2 is 1.96 bits per heavy atom. The third-order valence-corrected chi connectivity index (χ3v) is 5.38. The third kappa shape index (κ3) is 2.57. The van der Waals surface area contributed by atoms with Crippen LogP contribution in [0.2, 0.25) is 0 Å². The SMILES string of the molecule is O=S(=O)(Nc1ccc2c(c1)OCO2)c1cccc2c1NCCC2. The number of para-hydroxylation sites is 1. The van der Waals surface area contributed by atoms with Crippen LogP contribution in [0.3, 0.4) is 0 Å². The lowest BCUT2D eigenvalue weighted by Crippen LogP contribution is -2.19. The highest BCUT2D eigenvalue weighted by atomic mass is 32.2. The van der Waals surface area contributed by atoms with Gasteiger partial charge in [-0.05, 0) is 36.6 Å². The molecule has 23 heavy (non-hydrogen) atoms. The Bertz CT molecular complexity index is 864. The molecule has 2 aliphatic rings. The molecular weight excluding hydrogens is 316 g/mol. The quantitative estimate of drug-likeness (QED) is 0.903. The molecule has 0 bridgehead atoms. The molecule has 0 saturated heterocycles. The maximum Gasteiger partial charge on any atom is 0.263 e. The van der Waals surface area contributed by atoms with E-state index in [1.807, 2.05) is 6.07 Å². The highest BCUT2D eigenvalue weighted by molar-refractivity contribution is 7.92. The molecule has 0 unspecified atom stereocenters. The number of sulfonamides is 1. The molecule has 0 amide bonds. The van der Waals surface area contributed by atoms with Crippen LogP contribution in [0.4, 0.5) is 11.4 Å². The van der Waals surface area contributed by atoms with Crippen molar-refractivity contribution in [1.29, 1.82) is 0 Å². The van der Waals surface area contributed by atoms with Gasteiger partial charge in [0.2, 0.25) is 6.79 Å². The van der Waals surface area contributed by atoms with E-state index in [2.05, 4.69) is 10.0 Å². The van der Waals surface area contributed by atoms with Crippen molar-refractivity contribution in [1.82, 2.24) is 0 Å². The first kappa shape index (κ1) is 14.2. The van der Waals surface area contributed by atoms with Crippen LogP contribution < -0.4 is 19.5 Å². The molecule has 0 atom stereocenters. The largest absolute Gasteiger partial charge is 0.454 e. The van der Waals surface area contributed by atoms with E-state index in [-0.39, 0.29) is 11.7 Å². The minimum Gasteiger partial charge on any atom is -0.454 e. The molecule has 2 N–H and O–H groups in total. The summed E-state index contributed by atoms with van der Waals surface area (Å²) >= 11 is 0.